The van der Waals surface area contributed by atoms with Crippen LogP contribution in [0.4, 0.5) is 5.69 Å². The van der Waals surface area contributed by atoms with Crippen LogP contribution in [0.3, 0.4) is 0 Å². The number of hydrogen-bond donors (Lipinski definition) is 0. The fraction of sp³-hybridized carbons (Fsp3) is 0.0870. The van der Waals surface area contributed by atoms with E-state index in [1.165, 1.54) is 12.1 Å². The highest BCUT2D eigenvalue weighted by molar-refractivity contribution is 6.30. The Morgan fingerprint density at radius 3 is 2.45 bits per heavy atom. The van der Waals surface area contributed by atoms with Gasteiger partial charge in [-0.05, 0) is 54.5 Å². The lowest BCUT2D eigenvalue weighted by atomic mass is 10.0. The van der Waals surface area contributed by atoms with Gasteiger partial charge < -0.3 is 4.74 Å². The van der Waals surface area contributed by atoms with E-state index in [0.29, 0.717) is 21.9 Å². The first-order valence-corrected chi connectivity index (χ1v) is 9.18. The Bertz CT molecular complexity index is 1100. The quantitative estimate of drug-likeness (QED) is 0.212. The number of nitriles is 1. The van der Waals surface area contributed by atoms with E-state index < -0.39 is 4.92 Å². The van der Waals surface area contributed by atoms with Crippen molar-refractivity contribution in [1.82, 2.24) is 0 Å². The Kier molecular flexibility index (Phi) is 6.28. The number of aryl methyl sites for hydroxylation is 1. The third-order valence-corrected chi connectivity index (χ3v) is 4.53. The summed E-state index contributed by atoms with van der Waals surface area (Å²) in [7, 11) is 0. The van der Waals surface area contributed by atoms with E-state index in [4.69, 9.17) is 16.3 Å². The lowest BCUT2D eigenvalue weighted by Crippen LogP contribution is -1.98. The normalized spacial score (nSPS) is 11.0. The highest BCUT2D eigenvalue weighted by atomic mass is 35.5. The Labute approximate surface area is 173 Å². The second-order valence-corrected chi connectivity index (χ2v) is 6.87. The van der Waals surface area contributed by atoms with Gasteiger partial charge in [-0.2, -0.15) is 5.26 Å². The summed E-state index contributed by atoms with van der Waals surface area (Å²) < 4.78 is 5.90. The number of nitrogens with zero attached hydrogens (tertiary/aromatic N) is 2. The lowest BCUT2D eigenvalue weighted by molar-refractivity contribution is -0.384. The molecule has 29 heavy (non-hydrogen) atoms. The van der Waals surface area contributed by atoms with Gasteiger partial charge in [0.2, 0.25) is 0 Å². The van der Waals surface area contributed by atoms with Crippen molar-refractivity contribution in [2.24, 2.45) is 0 Å². The molecule has 0 heterocycles. The van der Waals surface area contributed by atoms with Gasteiger partial charge >= 0.3 is 0 Å². The van der Waals surface area contributed by atoms with E-state index in [1.54, 1.807) is 36.4 Å². The molecule has 5 nitrogen and oxygen atoms in total. The fourth-order valence-corrected chi connectivity index (χ4v) is 2.89. The fourth-order valence-electron chi connectivity index (χ4n) is 2.71. The van der Waals surface area contributed by atoms with Crippen molar-refractivity contribution in [3.63, 3.8) is 0 Å². The van der Waals surface area contributed by atoms with E-state index in [0.717, 1.165) is 16.7 Å². The van der Waals surface area contributed by atoms with Gasteiger partial charge in [0.25, 0.3) is 5.69 Å². The van der Waals surface area contributed by atoms with Crippen LogP contribution >= 0.6 is 11.6 Å². The molecule has 0 saturated heterocycles. The van der Waals surface area contributed by atoms with Crippen LogP contribution in [0, 0.1) is 28.4 Å². The van der Waals surface area contributed by atoms with Crippen LogP contribution in [0.15, 0.2) is 66.7 Å². The Morgan fingerprint density at radius 1 is 1.14 bits per heavy atom. The summed E-state index contributed by atoms with van der Waals surface area (Å²) in [4.78, 5) is 10.3. The summed E-state index contributed by atoms with van der Waals surface area (Å²) in [6.45, 7) is 2.22. The molecular weight excluding hydrogens is 388 g/mol. The molecule has 0 aromatic heterocycles. The SMILES string of the molecule is Cc1ccc(/C(C#N)=C/c2cc(Cl)ccc2OCc2ccc([N+](=O)[O-])cc2)cc1. The molecule has 0 bridgehead atoms. The van der Waals surface area contributed by atoms with Crippen LogP contribution in [-0.2, 0) is 6.61 Å². The van der Waals surface area contributed by atoms with E-state index in [-0.39, 0.29) is 12.3 Å². The summed E-state index contributed by atoms with van der Waals surface area (Å²) >= 11 is 6.14. The summed E-state index contributed by atoms with van der Waals surface area (Å²) in [5.74, 6) is 0.563. The summed E-state index contributed by atoms with van der Waals surface area (Å²) in [6.07, 6.45) is 1.74. The van der Waals surface area contributed by atoms with Crippen LogP contribution in [0.1, 0.15) is 22.3 Å². The number of allylic oxidation sites excluding steroid dienone is 1. The first-order chi connectivity index (χ1) is 14.0. The molecule has 0 radical (unpaired) electrons. The van der Waals surface area contributed by atoms with Crippen LogP contribution in [0.25, 0.3) is 11.6 Å². The molecular formula is C23H17ClN2O3. The average Bonchev–Trinajstić information content (AvgIpc) is 2.72. The summed E-state index contributed by atoms with van der Waals surface area (Å²) in [6, 6.07) is 21.3. The molecule has 0 saturated carbocycles. The maximum absolute atomic E-state index is 10.8. The van der Waals surface area contributed by atoms with Crippen molar-refractivity contribution in [1.29, 1.82) is 5.26 Å². The second-order valence-electron chi connectivity index (χ2n) is 6.43. The zero-order chi connectivity index (χ0) is 20.8. The minimum Gasteiger partial charge on any atom is -0.488 e. The molecule has 3 aromatic carbocycles. The second kappa shape index (κ2) is 9.05. The van der Waals surface area contributed by atoms with E-state index in [2.05, 4.69) is 6.07 Å². The number of nitro benzene ring substituents is 1. The van der Waals surface area contributed by atoms with Gasteiger partial charge in [0.05, 0.1) is 16.6 Å². The number of hydrogen-bond acceptors (Lipinski definition) is 4. The van der Waals surface area contributed by atoms with Crippen molar-refractivity contribution in [2.75, 3.05) is 0 Å². The molecule has 0 aliphatic rings. The largest absolute Gasteiger partial charge is 0.488 e. The van der Waals surface area contributed by atoms with Crippen molar-refractivity contribution in [3.05, 3.63) is 104 Å². The van der Waals surface area contributed by atoms with Crippen LogP contribution in [0.5, 0.6) is 5.75 Å². The maximum Gasteiger partial charge on any atom is 0.269 e. The minimum atomic E-state index is -0.443. The molecule has 3 rings (SSSR count). The van der Waals surface area contributed by atoms with Crippen molar-refractivity contribution in [2.45, 2.75) is 13.5 Å². The third kappa shape index (κ3) is 5.22. The molecule has 144 valence electrons. The van der Waals surface area contributed by atoms with Crippen molar-refractivity contribution < 1.29 is 9.66 Å². The monoisotopic (exact) mass is 404 g/mol. The van der Waals surface area contributed by atoms with Gasteiger partial charge in [0.1, 0.15) is 12.4 Å². The standard InChI is InChI=1S/C23H17ClN2O3/c1-16-2-6-18(7-3-16)20(14-25)12-19-13-21(24)8-11-23(19)29-15-17-4-9-22(10-5-17)26(27)28/h2-13H,15H2,1H3/b20-12+. The molecule has 0 aliphatic carbocycles. The van der Waals surface area contributed by atoms with Crippen LogP contribution in [-0.4, -0.2) is 4.92 Å². The third-order valence-electron chi connectivity index (χ3n) is 4.30. The van der Waals surface area contributed by atoms with E-state index in [1.807, 2.05) is 31.2 Å². The first kappa shape index (κ1) is 20.1. The maximum atomic E-state index is 10.8. The van der Waals surface area contributed by atoms with Crippen molar-refractivity contribution in [3.8, 4) is 11.8 Å². The molecule has 0 N–H and O–H groups in total. The molecule has 0 aliphatic heterocycles. The summed E-state index contributed by atoms with van der Waals surface area (Å²) in [5.41, 5.74) is 3.91. The van der Waals surface area contributed by atoms with Gasteiger partial charge in [-0.15, -0.1) is 0 Å². The number of nitro groups is 1. The Hall–Kier alpha value is -3.62. The predicted octanol–water partition coefficient (Wildman–Crippen LogP) is 6.20. The van der Waals surface area contributed by atoms with Crippen LogP contribution in [0.2, 0.25) is 5.02 Å². The smallest absolute Gasteiger partial charge is 0.269 e. The first-order valence-electron chi connectivity index (χ1n) is 8.81. The predicted molar refractivity (Wildman–Crippen MR) is 114 cm³/mol. The number of ether oxygens (including phenoxy) is 1. The lowest BCUT2D eigenvalue weighted by Gasteiger charge is -2.11. The van der Waals surface area contributed by atoms with Crippen molar-refractivity contribution >= 4 is 28.9 Å². The highest BCUT2D eigenvalue weighted by Crippen LogP contribution is 2.28. The number of halogens is 1. The molecule has 0 atom stereocenters. The topological polar surface area (TPSA) is 76.2 Å². The molecule has 0 spiro atoms. The van der Waals surface area contributed by atoms with Gasteiger partial charge in [0, 0.05) is 22.7 Å². The molecule has 0 unspecified atom stereocenters. The van der Waals surface area contributed by atoms with Gasteiger partial charge in [0.15, 0.2) is 0 Å². The van der Waals surface area contributed by atoms with Gasteiger partial charge in [-0.1, -0.05) is 41.4 Å². The van der Waals surface area contributed by atoms with Crippen LogP contribution < -0.4 is 4.74 Å². The number of non-ortho nitro benzene ring substituents is 1. The average molecular weight is 405 g/mol. The Morgan fingerprint density at radius 2 is 1.83 bits per heavy atom. The zero-order valence-electron chi connectivity index (χ0n) is 15.6. The molecule has 0 amide bonds. The van der Waals surface area contributed by atoms with Gasteiger partial charge in [-0.25, -0.2) is 0 Å². The number of rotatable bonds is 6. The Balaban J connectivity index is 1.86. The highest BCUT2D eigenvalue weighted by Gasteiger charge is 2.08. The minimum absolute atomic E-state index is 0.0284. The molecule has 6 heteroatoms. The van der Waals surface area contributed by atoms with E-state index >= 15 is 0 Å². The zero-order valence-corrected chi connectivity index (χ0v) is 16.4. The summed E-state index contributed by atoms with van der Waals surface area (Å²) in [5, 5.41) is 20.9. The molecule has 0 fully saturated rings. The molecule has 3 aromatic rings. The van der Waals surface area contributed by atoms with E-state index in [9.17, 15) is 15.4 Å². The number of benzene rings is 3. The van der Waals surface area contributed by atoms with Gasteiger partial charge in [-0.3, -0.25) is 10.1 Å².